The molecule has 0 saturated carbocycles. The van der Waals surface area contributed by atoms with Crippen molar-refractivity contribution in [1.82, 2.24) is 24.6 Å². The summed E-state index contributed by atoms with van der Waals surface area (Å²) >= 11 is 7.20. The summed E-state index contributed by atoms with van der Waals surface area (Å²) in [7, 11) is 0. The van der Waals surface area contributed by atoms with Crippen LogP contribution in [0.4, 0.5) is 5.82 Å². The molecule has 7 nitrogen and oxygen atoms in total. The first-order valence-corrected chi connectivity index (χ1v) is 11.3. The van der Waals surface area contributed by atoms with Crippen molar-refractivity contribution in [3.05, 3.63) is 59.5 Å². The quantitative estimate of drug-likeness (QED) is 0.556. The lowest BCUT2D eigenvalue weighted by atomic mass is 10.1. The number of likely N-dealkylation sites (tertiary alicyclic amines) is 1. The van der Waals surface area contributed by atoms with Gasteiger partial charge in [-0.25, -0.2) is 4.98 Å². The zero-order valence-electron chi connectivity index (χ0n) is 16.5. The molecule has 1 aliphatic heterocycles. The molecule has 3 heterocycles. The highest BCUT2D eigenvalue weighted by Crippen LogP contribution is 2.24. The third-order valence-electron chi connectivity index (χ3n) is 4.86. The smallest absolute Gasteiger partial charge is 0.236 e. The van der Waals surface area contributed by atoms with Gasteiger partial charge in [0.2, 0.25) is 5.91 Å². The summed E-state index contributed by atoms with van der Waals surface area (Å²) in [5, 5.41) is 12.8. The van der Waals surface area contributed by atoms with Gasteiger partial charge in [0, 0.05) is 11.9 Å². The maximum Gasteiger partial charge on any atom is 0.236 e. The molecule has 0 aliphatic carbocycles. The van der Waals surface area contributed by atoms with Crippen molar-refractivity contribution < 1.29 is 4.79 Å². The number of anilines is 1. The van der Waals surface area contributed by atoms with E-state index < -0.39 is 0 Å². The maximum absolute atomic E-state index is 12.4. The molecule has 1 N–H and O–H groups in total. The van der Waals surface area contributed by atoms with Gasteiger partial charge >= 0.3 is 0 Å². The Hall–Kier alpha value is -2.42. The normalized spacial score (nSPS) is 14.6. The van der Waals surface area contributed by atoms with Crippen molar-refractivity contribution in [3.63, 3.8) is 0 Å². The summed E-state index contributed by atoms with van der Waals surface area (Å²) in [5.41, 5.74) is 0.997. The van der Waals surface area contributed by atoms with Crippen molar-refractivity contribution in [2.75, 3.05) is 24.2 Å². The van der Waals surface area contributed by atoms with E-state index in [1.54, 1.807) is 12.1 Å². The van der Waals surface area contributed by atoms with Crippen LogP contribution in [0.15, 0.2) is 53.8 Å². The van der Waals surface area contributed by atoms with Crippen molar-refractivity contribution in [2.45, 2.75) is 31.0 Å². The van der Waals surface area contributed by atoms with Crippen molar-refractivity contribution in [2.24, 2.45) is 0 Å². The molecule has 1 amide bonds. The Bertz CT molecular complexity index is 973. The van der Waals surface area contributed by atoms with E-state index in [1.165, 1.54) is 37.2 Å². The minimum absolute atomic E-state index is 0.157. The zero-order chi connectivity index (χ0) is 20.8. The van der Waals surface area contributed by atoms with Gasteiger partial charge in [0.05, 0.1) is 17.3 Å². The summed E-state index contributed by atoms with van der Waals surface area (Å²) in [6, 6.07) is 13.4. The van der Waals surface area contributed by atoms with Crippen LogP contribution in [0.5, 0.6) is 0 Å². The summed E-state index contributed by atoms with van der Waals surface area (Å²) in [6.45, 7) is 2.92. The Morgan fingerprint density at radius 3 is 2.60 bits per heavy atom. The molecular weight excluding hydrogens is 420 g/mol. The second kappa shape index (κ2) is 10.1. The molecule has 2 aromatic heterocycles. The van der Waals surface area contributed by atoms with E-state index in [0.29, 0.717) is 16.0 Å². The minimum atomic E-state index is -0.157. The number of hydrogen-bond donors (Lipinski definition) is 1. The van der Waals surface area contributed by atoms with Crippen molar-refractivity contribution >= 4 is 35.1 Å². The molecule has 156 valence electrons. The van der Waals surface area contributed by atoms with Crippen LogP contribution in [0.1, 0.15) is 25.1 Å². The van der Waals surface area contributed by atoms with E-state index in [1.807, 2.05) is 34.9 Å². The first-order chi connectivity index (χ1) is 14.7. The number of nitrogens with one attached hydrogen (secondary N) is 1. The van der Waals surface area contributed by atoms with Crippen LogP contribution in [0.25, 0.3) is 5.69 Å². The molecule has 9 heteroatoms. The maximum atomic E-state index is 12.4. The molecule has 0 radical (unpaired) electrons. The second-order valence-corrected chi connectivity index (χ2v) is 8.48. The number of carbonyl (C=O) groups is 1. The minimum Gasteiger partial charge on any atom is -0.310 e. The van der Waals surface area contributed by atoms with Crippen LogP contribution < -0.4 is 5.32 Å². The van der Waals surface area contributed by atoms with Crippen LogP contribution in [0.3, 0.4) is 0 Å². The van der Waals surface area contributed by atoms with Gasteiger partial charge in [-0.05, 0) is 50.2 Å². The molecule has 0 unspecified atom stereocenters. The standard InChI is InChI=1S/C21H23ClN6OS/c22-16-9-10-18(23-13-16)24-20(29)15-30-21-26-25-19(14-27-11-5-2-6-12-27)28(21)17-7-3-1-4-8-17/h1,3-4,7-10,13H,2,5-6,11-12,14-15H2,(H,23,24,29). The number of amides is 1. The third-order valence-corrected chi connectivity index (χ3v) is 6.01. The predicted molar refractivity (Wildman–Crippen MR) is 119 cm³/mol. The number of piperidine rings is 1. The van der Waals surface area contributed by atoms with Gasteiger partial charge in [0.1, 0.15) is 5.82 Å². The van der Waals surface area contributed by atoms with Crippen LogP contribution in [-0.2, 0) is 11.3 Å². The molecule has 0 spiro atoms. The Balaban J connectivity index is 1.47. The molecule has 0 atom stereocenters. The van der Waals surface area contributed by atoms with Gasteiger partial charge in [-0.2, -0.15) is 0 Å². The van der Waals surface area contributed by atoms with E-state index in [4.69, 9.17) is 11.6 Å². The Kier molecular flexibility index (Phi) is 6.99. The topological polar surface area (TPSA) is 75.9 Å². The van der Waals surface area contributed by atoms with Crippen molar-refractivity contribution in [3.8, 4) is 5.69 Å². The monoisotopic (exact) mass is 442 g/mol. The molecule has 1 aliphatic rings. The number of hydrogen-bond acceptors (Lipinski definition) is 6. The molecular formula is C21H23ClN6OS. The third kappa shape index (κ3) is 5.38. The van der Waals surface area contributed by atoms with E-state index in [0.717, 1.165) is 31.1 Å². The highest BCUT2D eigenvalue weighted by Gasteiger charge is 2.19. The van der Waals surface area contributed by atoms with Gasteiger partial charge in [-0.1, -0.05) is 48.0 Å². The fourth-order valence-corrected chi connectivity index (χ4v) is 4.29. The van der Waals surface area contributed by atoms with Crippen LogP contribution in [0, 0.1) is 0 Å². The van der Waals surface area contributed by atoms with Gasteiger partial charge in [0.15, 0.2) is 11.0 Å². The van der Waals surface area contributed by atoms with Crippen LogP contribution in [0.2, 0.25) is 5.02 Å². The van der Waals surface area contributed by atoms with Crippen LogP contribution >= 0.6 is 23.4 Å². The number of nitrogens with zero attached hydrogens (tertiary/aromatic N) is 5. The SMILES string of the molecule is O=C(CSc1nnc(CN2CCCCC2)n1-c1ccccc1)Nc1ccc(Cl)cn1. The zero-order valence-corrected chi connectivity index (χ0v) is 18.1. The Morgan fingerprint density at radius 2 is 1.87 bits per heavy atom. The van der Waals surface area contributed by atoms with Gasteiger partial charge in [0.25, 0.3) is 0 Å². The molecule has 0 bridgehead atoms. The molecule has 1 fully saturated rings. The number of pyridine rings is 1. The largest absolute Gasteiger partial charge is 0.310 e. The van der Waals surface area contributed by atoms with E-state index in [2.05, 4.69) is 25.4 Å². The number of para-hydroxylation sites is 1. The van der Waals surface area contributed by atoms with E-state index >= 15 is 0 Å². The van der Waals surface area contributed by atoms with Gasteiger partial charge < -0.3 is 5.32 Å². The first kappa shape index (κ1) is 20.8. The number of carbonyl (C=O) groups excluding carboxylic acids is 1. The average molecular weight is 443 g/mol. The molecule has 4 rings (SSSR count). The van der Waals surface area contributed by atoms with Crippen LogP contribution in [-0.4, -0.2) is 49.4 Å². The van der Waals surface area contributed by atoms with E-state index in [-0.39, 0.29) is 11.7 Å². The summed E-state index contributed by atoms with van der Waals surface area (Å²) in [5.74, 6) is 1.42. The molecule has 1 aromatic carbocycles. The van der Waals surface area contributed by atoms with Gasteiger partial charge in [-0.15, -0.1) is 10.2 Å². The summed E-state index contributed by atoms with van der Waals surface area (Å²) < 4.78 is 2.05. The lowest BCUT2D eigenvalue weighted by Gasteiger charge is -2.26. The predicted octanol–water partition coefficient (Wildman–Crippen LogP) is 4.03. The number of rotatable bonds is 7. The molecule has 3 aromatic rings. The molecule has 30 heavy (non-hydrogen) atoms. The number of halogens is 1. The highest BCUT2D eigenvalue weighted by molar-refractivity contribution is 7.99. The average Bonchev–Trinajstić information content (AvgIpc) is 3.17. The fourth-order valence-electron chi connectivity index (χ4n) is 3.41. The lowest BCUT2D eigenvalue weighted by Crippen LogP contribution is -2.30. The number of thioether (sulfide) groups is 1. The number of aromatic nitrogens is 4. The second-order valence-electron chi connectivity index (χ2n) is 7.11. The van der Waals surface area contributed by atoms with Gasteiger partial charge in [-0.3, -0.25) is 14.3 Å². The summed E-state index contributed by atoms with van der Waals surface area (Å²) in [4.78, 5) is 18.9. The first-order valence-electron chi connectivity index (χ1n) is 9.95. The Labute approximate surface area is 184 Å². The van der Waals surface area contributed by atoms with Crippen molar-refractivity contribution in [1.29, 1.82) is 0 Å². The summed E-state index contributed by atoms with van der Waals surface area (Å²) in [6.07, 6.45) is 5.24. The fraction of sp³-hybridized carbons (Fsp3) is 0.333. The lowest BCUT2D eigenvalue weighted by molar-refractivity contribution is -0.113. The molecule has 1 saturated heterocycles. The van der Waals surface area contributed by atoms with E-state index in [9.17, 15) is 4.79 Å². The Morgan fingerprint density at radius 1 is 1.07 bits per heavy atom. The number of benzene rings is 1. The highest BCUT2D eigenvalue weighted by atomic mass is 35.5.